The van der Waals surface area contributed by atoms with E-state index in [2.05, 4.69) is 43.0 Å². The molecule has 1 aromatic carbocycles. The van der Waals surface area contributed by atoms with Gasteiger partial charge in [-0.25, -0.2) is 4.79 Å². The predicted octanol–water partition coefficient (Wildman–Crippen LogP) is 5.61. The molecule has 0 fully saturated rings. The highest BCUT2D eigenvalue weighted by Crippen LogP contribution is 2.33. The van der Waals surface area contributed by atoms with Crippen LogP contribution in [0.2, 0.25) is 5.02 Å². The number of aromatic nitrogens is 2. The largest absolute Gasteiger partial charge is 0.511 e. The maximum Gasteiger partial charge on any atom is 0.511 e. The topological polar surface area (TPSA) is 74.9 Å². The Balaban J connectivity index is 2.53. The molecular formula is C23H29Cl2N3O4. The summed E-state index contributed by atoms with van der Waals surface area (Å²) >= 11 is 12.1. The second kappa shape index (κ2) is 11.4. The summed E-state index contributed by atoms with van der Waals surface area (Å²) in [7, 11) is 3.42. The first-order chi connectivity index (χ1) is 15.1. The number of allylic oxidation sites excluding steroid dienone is 1. The molecule has 7 nitrogen and oxygen atoms in total. The quantitative estimate of drug-likeness (QED) is 0.161. The molecule has 2 aromatic rings. The third-order valence-corrected chi connectivity index (χ3v) is 5.21. The van der Waals surface area contributed by atoms with Crippen LogP contribution in [0.15, 0.2) is 29.3 Å². The molecule has 0 radical (unpaired) electrons. The normalized spacial score (nSPS) is 12.6. The molecule has 32 heavy (non-hydrogen) atoms. The van der Waals surface area contributed by atoms with Gasteiger partial charge in [0.15, 0.2) is 5.76 Å². The first kappa shape index (κ1) is 25.7. The van der Waals surface area contributed by atoms with E-state index in [0.29, 0.717) is 27.7 Å². The van der Waals surface area contributed by atoms with E-state index in [9.17, 15) is 4.79 Å². The van der Waals surface area contributed by atoms with E-state index >= 15 is 0 Å². The summed E-state index contributed by atoms with van der Waals surface area (Å²) in [5.41, 5.74) is 3.91. The van der Waals surface area contributed by atoms with Crippen LogP contribution in [0.3, 0.4) is 0 Å². The first-order valence-electron chi connectivity index (χ1n) is 10.0. The van der Waals surface area contributed by atoms with Crippen molar-refractivity contribution in [2.45, 2.75) is 33.1 Å². The van der Waals surface area contributed by atoms with Crippen LogP contribution in [-0.2, 0) is 26.7 Å². The standard InChI is InChI=1S/C23H29Cl2N3O4/c1-15-19(25)20(28(6)27-15)21(31-14-32-22(29)30-12-11-24)18(13-26-5)16-7-9-17(10-8-16)23(2,3)4/h7-10,13H,11-12,14H2,1-6H3/b21-18-,26-13-. The van der Waals surface area contributed by atoms with E-state index in [1.54, 1.807) is 31.9 Å². The van der Waals surface area contributed by atoms with Crippen molar-refractivity contribution in [3.05, 3.63) is 51.8 Å². The molecule has 174 valence electrons. The Morgan fingerprint density at radius 3 is 2.34 bits per heavy atom. The number of carbonyl (C=O) groups excluding carboxylic acids is 1. The van der Waals surface area contributed by atoms with E-state index < -0.39 is 12.9 Å². The number of aryl methyl sites for hydroxylation is 2. The van der Waals surface area contributed by atoms with Crippen LogP contribution in [0.5, 0.6) is 0 Å². The van der Waals surface area contributed by atoms with E-state index in [1.165, 1.54) is 5.56 Å². The lowest BCUT2D eigenvalue weighted by molar-refractivity contribution is -0.00339. The van der Waals surface area contributed by atoms with Gasteiger partial charge in [-0.3, -0.25) is 9.67 Å². The zero-order valence-electron chi connectivity index (χ0n) is 19.2. The lowest BCUT2D eigenvalue weighted by Gasteiger charge is -2.20. The number of ether oxygens (including phenoxy) is 3. The molecule has 0 spiro atoms. The summed E-state index contributed by atoms with van der Waals surface area (Å²) in [6.07, 6.45) is 0.795. The summed E-state index contributed by atoms with van der Waals surface area (Å²) in [6, 6.07) is 8.11. The van der Waals surface area contributed by atoms with Crippen molar-refractivity contribution < 1.29 is 19.0 Å². The predicted molar refractivity (Wildman–Crippen MR) is 128 cm³/mol. The second-order valence-corrected chi connectivity index (χ2v) is 8.78. The molecule has 0 unspecified atom stereocenters. The van der Waals surface area contributed by atoms with Crippen LogP contribution in [-0.4, -0.2) is 48.5 Å². The Kier molecular flexibility index (Phi) is 9.16. The zero-order valence-corrected chi connectivity index (χ0v) is 20.8. The van der Waals surface area contributed by atoms with Crippen LogP contribution >= 0.6 is 23.2 Å². The van der Waals surface area contributed by atoms with Gasteiger partial charge in [0.25, 0.3) is 0 Å². The third kappa shape index (κ3) is 6.50. The Morgan fingerprint density at radius 2 is 1.84 bits per heavy atom. The number of hydrogen-bond acceptors (Lipinski definition) is 6. The van der Waals surface area contributed by atoms with Gasteiger partial charge in [-0.15, -0.1) is 11.6 Å². The summed E-state index contributed by atoms with van der Waals surface area (Å²) in [6.45, 7) is 7.91. The lowest BCUT2D eigenvalue weighted by atomic mass is 9.86. The van der Waals surface area contributed by atoms with Gasteiger partial charge in [0.2, 0.25) is 6.79 Å². The van der Waals surface area contributed by atoms with Crippen molar-refractivity contribution in [3.63, 3.8) is 0 Å². The van der Waals surface area contributed by atoms with Crippen LogP contribution in [0.1, 0.15) is 43.3 Å². The number of alkyl halides is 1. The smallest absolute Gasteiger partial charge is 0.454 e. The fourth-order valence-electron chi connectivity index (χ4n) is 3.00. The molecule has 1 aromatic heterocycles. The van der Waals surface area contributed by atoms with Gasteiger partial charge >= 0.3 is 6.16 Å². The van der Waals surface area contributed by atoms with Crippen LogP contribution in [0, 0.1) is 6.92 Å². The highest BCUT2D eigenvalue weighted by atomic mass is 35.5. The Hall–Kier alpha value is -2.51. The summed E-state index contributed by atoms with van der Waals surface area (Å²) in [5, 5.41) is 4.81. The van der Waals surface area contributed by atoms with E-state index in [4.69, 9.17) is 37.4 Å². The first-order valence-corrected chi connectivity index (χ1v) is 11.0. The Morgan fingerprint density at radius 1 is 1.19 bits per heavy atom. The van der Waals surface area contributed by atoms with Crippen molar-refractivity contribution in [2.75, 3.05) is 26.3 Å². The minimum absolute atomic E-state index is 0.0142. The molecule has 0 saturated carbocycles. The van der Waals surface area contributed by atoms with E-state index in [0.717, 1.165) is 5.56 Å². The molecule has 0 aliphatic carbocycles. The van der Waals surface area contributed by atoms with Gasteiger partial charge in [-0.1, -0.05) is 56.6 Å². The summed E-state index contributed by atoms with van der Waals surface area (Å²) in [4.78, 5) is 15.9. The van der Waals surface area contributed by atoms with Crippen molar-refractivity contribution in [1.29, 1.82) is 0 Å². The number of benzene rings is 1. The highest BCUT2D eigenvalue weighted by Gasteiger charge is 2.22. The van der Waals surface area contributed by atoms with Crippen LogP contribution in [0.4, 0.5) is 4.79 Å². The summed E-state index contributed by atoms with van der Waals surface area (Å²) in [5.74, 6) is 0.546. The molecule has 0 saturated heterocycles. The number of aliphatic imine (C=N–C) groups is 1. The average Bonchev–Trinajstić information content (AvgIpc) is 2.99. The molecule has 0 amide bonds. The van der Waals surface area contributed by atoms with Crippen molar-refractivity contribution in [2.24, 2.45) is 12.0 Å². The molecule has 9 heteroatoms. The van der Waals surface area contributed by atoms with E-state index in [1.807, 2.05) is 12.1 Å². The third-order valence-electron chi connectivity index (χ3n) is 4.61. The minimum atomic E-state index is -0.877. The van der Waals surface area contributed by atoms with Gasteiger partial charge < -0.3 is 14.2 Å². The average molecular weight is 482 g/mol. The molecule has 0 N–H and O–H groups in total. The van der Waals surface area contributed by atoms with Crippen molar-refractivity contribution in [3.8, 4) is 0 Å². The summed E-state index contributed by atoms with van der Waals surface area (Å²) < 4.78 is 17.4. The fraction of sp³-hybridized carbons (Fsp3) is 0.435. The Labute approximate surface area is 199 Å². The van der Waals surface area contributed by atoms with Crippen LogP contribution in [0.25, 0.3) is 11.3 Å². The van der Waals surface area contributed by atoms with Crippen LogP contribution < -0.4 is 0 Å². The zero-order chi connectivity index (χ0) is 23.9. The molecule has 1 heterocycles. The highest BCUT2D eigenvalue weighted by molar-refractivity contribution is 6.33. The van der Waals surface area contributed by atoms with Gasteiger partial charge in [-0.05, 0) is 23.5 Å². The van der Waals surface area contributed by atoms with Gasteiger partial charge in [0.1, 0.15) is 12.3 Å². The minimum Gasteiger partial charge on any atom is -0.454 e. The van der Waals surface area contributed by atoms with Gasteiger partial charge in [0, 0.05) is 25.9 Å². The second-order valence-electron chi connectivity index (χ2n) is 8.02. The SMILES string of the molecule is C/N=C\C(=C(\OCOC(=O)OCCCl)c1c(Cl)c(C)nn1C)c1ccc(C(C)(C)C)cc1. The fourth-order valence-corrected chi connectivity index (χ4v) is 3.32. The molecule has 0 aliphatic heterocycles. The van der Waals surface area contributed by atoms with Crippen molar-refractivity contribution >= 4 is 46.9 Å². The van der Waals surface area contributed by atoms with E-state index in [-0.39, 0.29) is 17.9 Å². The maximum atomic E-state index is 11.7. The number of nitrogens with zero attached hydrogens (tertiary/aromatic N) is 3. The molecule has 0 bridgehead atoms. The molecule has 0 atom stereocenters. The Bertz CT molecular complexity index is 990. The molecule has 2 rings (SSSR count). The number of halogens is 2. The maximum absolute atomic E-state index is 11.7. The monoisotopic (exact) mass is 481 g/mol. The van der Waals surface area contributed by atoms with Crippen molar-refractivity contribution in [1.82, 2.24) is 9.78 Å². The van der Waals surface area contributed by atoms with Gasteiger partial charge in [-0.2, -0.15) is 5.10 Å². The van der Waals surface area contributed by atoms with Gasteiger partial charge in [0.05, 0.1) is 16.6 Å². The number of carbonyl (C=O) groups is 1. The lowest BCUT2D eigenvalue weighted by Crippen LogP contribution is -2.13. The number of rotatable bonds is 8. The number of hydrogen-bond donors (Lipinski definition) is 0. The molecule has 0 aliphatic rings. The molecular weight excluding hydrogens is 453 g/mol.